The first kappa shape index (κ1) is 24.5. The van der Waals surface area contributed by atoms with Gasteiger partial charge < -0.3 is 9.80 Å². The summed E-state index contributed by atoms with van der Waals surface area (Å²) in [5.41, 5.74) is 8.16. The number of rotatable bonds is 2. The van der Waals surface area contributed by atoms with Crippen molar-refractivity contribution in [3.05, 3.63) is 106 Å². The lowest BCUT2D eigenvalue weighted by atomic mass is 9.78. The average Bonchev–Trinajstić information content (AvgIpc) is 3.24. The number of benzene rings is 4. The molecule has 2 aliphatic rings. The Morgan fingerprint density at radius 1 is 0.579 bits per heavy atom. The summed E-state index contributed by atoms with van der Waals surface area (Å²) >= 11 is 0. The fourth-order valence-electron chi connectivity index (χ4n) is 7.50. The third kappa shape index (κ3) is 3.11. The van der Waals surface area contributed by atoms with Crippen LogP contribution in [-0.4, -0.2) is 19.9 Å². The predicted octanol–water partition coefficient (Wildman–Crippen LogP) is 8.27. The molecule has 2 heterocycles. The molecule has 0 saturated carbocycles. The van der Waals surface area contributed by atoms with Crippen LogP contribution < -0.4 is 9.80 Å². The Hall–Kier alpha value is -3.85. The van der Waals surface area contributed by atoms with Crippen molar-refractivity contribution < 1.29 is 4.79 Å². The second-order valence-corrected chi connectivity index (χ2v) is 12.0. The van der Waals surface area contributed by atoms with Crippen LogP contribution in [-0.2, 0) is 15.6 Å². The Kier molecular flexibility index (Phi) is 5.20. The van der Waals surface area contributed by atoms with Crippen molar-refractivity contribution in [3.63, 3.8) is 0 Å². The number of hydrogen-bond acceptors (Lipinski definition) is 3. The molecule has 0 unspecified atom stereocenters. The van der Waals surface area contributed by atoms with Crippen LogP contribution in [0.5, 0.6) is 0 Å². The van der Waals surface area contributed by atoms with Crippen LogP contribution >= 0.6 is 0 Å². The van der Waals surface area contributed by atoms with E-state index in [9.17, 15) is 4.79 Å². The fraction of sp³-hybridized carbons (Fsp3) is 0.286. The van der Waals surface area contributed by atoms with Gasteiger partial charge in [-0.1, -0.05) is 100 Å². The third-order valence-corrected chi connectivity index (χ3v) is 9.07. The van der Waals surface area contributed by atoms with E-state index < -0.39 is 0 Å². The average molecular weight is 501 g/mol. The van der Waals surface area contributed by atoms with Crippen LogP contribution in [0.4, 0.5) is 11.4 Å². The molecule has 4 aromatic rings. The number of Topliss-reactive ketones (excluding diaryl/α,β-unsaturated/α-hetero) is 1. The number of fused-ring (bicyclic) bond motifs is 6. The van der Waals surface area contributed by atoms with Gasteiger partial charge in [0.1, 0.15) is 0 Å². The van der Waals surface area contributed by atoms with E-state index in [1.165, 1.54) is 44.0 Å². The number of likely N-dealkylation sites (N-methyl/N-ethyl adjacent to an activating group) is 2. The van der Waals surface area contributed by atoms with Crippen LogP contribution in [0.1, 0.15) is 52.7 Å². The Bertz CT molecular complexity index is 1610. The molecule has 3 heteroatoms. The van der Waals surface area contributed by atoms with Crippen LogP contribution in [0.3, 0.4) is 0 Å². The van der Waals surface area contributed by atoms with E-state index in [-0.39, 0.29) is 16.6 Å². The summed E-state index contributed by atoms with van der Waals surface area (Å²) in [6.07, 6.45) is 0. The van der Waals surface area contributed by atoms with Crippen molar-refractivity contribution in [3.8, 4) is 0 Å². The van der Waals surface area contributed by atoms with Gasteiger partial charge in [0.25, 0.3) is 0 Å². The minimum atomic E-state index is -0.283. The molecule has 0 aromatic heterocycles. The first-order valence-corrected chi connectivity index (χ1v) is 13.5. The number of hydrogen-bond donors (Lipinski definition) is 0. The number of anilines is 2. The molecule has 0 bridgehead atoms. The predicted molar refractivity (Wildman–Crippen MR) is 161 cm³/mol. The minimum Gasteiger partial charge on any atom is -0.346 e. The molecule has 3 nitrogen and oxygen atoms in total. The molecular formula is C35H36N2O. The zero-order valence-corrected chi connectivity index (χ0v) is 23.7. The van der Waals surface area contributed by atoms with E-state index in [4.69, 9.17) is 0 Å². The molecule has 0 radical (unpaired) electrons. The summed E-state index contributed by atoms with van der Waals surface area (Å²) in [4.78, 5) is 18.9. The van der Waals surface area contributed by atoms with E-state index in [1.54, 1.807) is 0 Å². The summed E-state index contributed by atoms with van der Waals surface area (Å²) in [5, 5.41) is 4.89. The smallest absolute Gasteiger partial charge is 0.187 e. The first-order valence-electron chi connectivity index (χ1n) is 13.5. The van der Waals surface area contributed by atoms with Gasteiger partial charge in [0.15, 0.2) is 5.78 Å². The Labute approximate surface area is 226 Å². The lowest BCUT2D eigenvalue weighted by molar-refractivity contribution is -0.112. The summed E-state index contributed by atoms with van der Waals surface area (Å²) in [5.74, 6) is 0.115. The number of nitrogens with zero attached hydrogens (tertiary/aromatic N) is 2. The molecule has 38 heavy (non-hydrogen) atoms. The maximum atomic E-state index is 14.3. The van der Waals surface area contributed by atoms with Crippen LogP contribution in [0.25, 0.3) is 21.5 Å². The molecule has 0 aliphatic carbocycles. The van der Waals surface area contributed by atoms with E-state index >= 15 is 0 Å². The van der Waals surface area contributed by atoms with Gasteiger partial charge in [-0.15, -0.1) is 0 Å². The van der Waals surface area contributed by atoms with Crippen molar-refractivity contribution in [1.29, 1.82) is 0 Å². The lowest BCUT2D eigenvalue weighted by Crippen LogP contribution is -2.29. The van der Waals surface area contributed by atoms with Gasteiger partial charge in [-0.25, -0.2) is 0 Å². The van der Waals surface area contributed by atoms with Crippen molar-refractivity contribution >= 4 is 38.7 Å². The topological polar surface area (TPSA) is 23.6 Å². The highest BCUT2D eigenvalue weighted by Crippen LogP contribution is 2.53. The highest BCUT2D eigenvalue weighted by Gasteiger charge is 2.44. The summed E-state index contributed by atoms with van der Waals surface area (Å²) in [7, 11) is 4.23. The molecule has 0 atom stereocenters. The molecule has 6 rings (SSSR count). The number of carbonyl (C=O) groups excluding carboxylic acids is 1. The Balaban J connectivity index is 1.51. The first-order chi connectivity index (χ1) is 18.0. The lowest BCUT2D eigenvalue weighted by Gasteiger charge is -2.29. The molecule has 192 valence electrons. The zero-order chi connectivity index (χ0) is 27.1. The molecule has 4 aromatic carbocycles. The van der Waals surface area contributed by atoms with E-state index in [2.05, 4.69) is 124 Å². The van der Waals surface area contributed by atoms with Gasteiger partial charge in [-0.05, 0) is 35.7 Å². The normalized spacial score (nSPS) is 20.1. The van der Waals surface area contributed by atoms with E-state index in [0.29, 0.717) is 0 Å². The molecular weight excluding hydrogens is 464 g/mol. The zero-order valence-electron chi connectivity index (χ0n) is 23.7. The van der Waals surface area contributed by atoms with Gasteiger partial charge >= 0.3 is 0 Å². The van der Waals surface area contributed by atoms with E-state index in [0.717, 1.165) is 22.5 Å². The van der Waals surface area contributed by atoms with Gasteiger partial charge in [-0.2, -0.15) is 0 Å². The number of carbonyl (C=O) groups is 1. The van der Waals surface area contributed by atoms with Gasteiger partial charge in [-0.3, -0.25) is 4.79 Å². The molecule has 0 N–H and O–H groups in total. The van der Waals surface area contributed by atoms with Gasteiger partial charge in [0, 0.05) is 58.2 Å². The third-order valence-electron chi connectivity index (χ3n) is 9.07. The maximum Gasteiger partial charge on any atom is 0.187 e. The van der Waals surface area contributed by atoms with Crippen LogP contribution in [0.2, 0.25) is 0 Å². The summed E-state index contributed by atoms with van der Waals surface area (Å²) in [6, 6.07) is 25.9. The molecule has 0 fully saturated rings. The van der Waals surface area contributed by atoms with Crippen molar-refractivity contribution in [2.24, 2.45) is 0 Å². The van der Waals surface area contributed by atoms with Crippen molar-refractivity contribution in [1.82, 2.24) is 0 Å². The SMILES string of the molecule is CC(C(=O)C(C)=C1N(C)c2c(ccc3ccccc23)C1(C)C)=C1N(C)c2c(ccc3ccccc23)C1(C)C. The van der Waals surface area contributed by atoms with Gasteiger partial charge in [0.05, 0.1) is 11.4 Å². The van der Waals surface area contributed by atoms with Crippen LogP contribution in [0, 0.1) is 0 Å². The number of allylic oxidation sites excluding steroid dienone is 4. The molecule has 0 saturated heterocycles. The molecule has 0 spiro atoms. The Morgan fingerprint density at radius 3 is 1.34 bits per heavy atom. The minimum absolute atomic E-state index is 0.115. The van der Waals surface area contributed by atoms with Crippen molar-refractivity contribution in [2.75, 3.05) is 23.9 Å². The fourth-order valence-corrected chi connectivity index (χ4v) is 7.50. The maximum absolute atomic E-state index is 14.3. The largest absolute Gasteiger partial charge is 0.346 e. The van der Waals surface area contributed by atoms with Crippen LogP contribution in [0.15, 0.2) is 95.3 Å². The summed E-state index contributed by atoms with van der Waals surface area (Å²) in [6.45, 7) is 13.0. The molecule has 2 aliphatic heterocycles. The summed E-state index contributed by atoms with van der Waals surface area (Å²) < 4.78 is 0. The highest BCUT2D eigenvalue weighted by atomic mass is 16.1. The molecule has 0 amide bonds. The standard InChI is InChI=1S/C35H36N2O/c1-21(32-34(3,4)27-19-17-23-13-9-11-15-25(23)29(27)36(32)7)31(38)22(2)33-35(5,6)28-20-18-24-14-10-12-16-26(24)30(28)37(33)8/h9-20H,1-8H3. The number of ketones is 1. The van der Waals surface area contributed by atoms with Crippen molar-refractivity contribution in [2.45, 2.75) is 52.4 Å². The quantitative estimate of drug-likeness (QED) is 0.259. The Morgan fingerprint density at radius 2 is 0.947 bits per heavy atom. The monoisotopic (exact) mass is 500 g/mol. The second-order valence-electron chi connectivity index (χ2n) is 12.0. The van der Waals surface area contributed by atoms with E-state index in [1.807, 2.05) is 13.8 Å². The second kappa shape index (κ2) is 8.07. The highest BCUT2D eigenvalue weighted by molar-refractivity contribution is 6.12. The van der Waals surface area contributed by atoms with Gasteiger partial charge in [0.2, 0.25) is 0 Å².